The first-order valence-corrected chi connectivity index (χ1v) is 11.5. The van der Waals surface area contributed by atoms with Gasteiger partial charge in [0.15, 0.2) is 0 Å². The molecule has 0 bridgehead atoms. The summed E-state index contributed by atoms with van der Waals surface area (Å²) in [7, 11) is -4.95. The molecular formula is C25H20N2O4S. The Balaban J connectivity index is 1.81. The zero-order chi connectivity index (χ0) is 22.9. The molecule has 1 atom stereocenters. The smallest absolute Gasteiger partial charge is 0.421 e. The van der Waals surface area contributed by atoms with Crippen molar-refractivity contribution >= 4 is 32.1 Å². The van der Waals surface area contributed by atoms with Gasteiger partial charge >= 0.3 is 5.71 Å². The molecule has 3 aromatic carbocycles. The molecule has 1 unspecified atom stereocenters. The second-order valence-corrected chi connectivity index (χ2v) is 9.02. The van der Waals surface area contributed by atoms with E-state index < -0.39 is 20.8 Å². The fourth-order valence-corrected chi connectivity index (χ4v) is 4.97. The summed E-state index contributed by atoms with van der Waals surface area (Å²) < 4.78 is 36.7. The maximum atomic E-state index is 12.9. The Morgan fingerprint density at radius 3 is 2.09 bits per heavy atom. The van der Waals surface area contributed by atoms with E-state index in [4.69, 9.17) is 5.53 Å². The number of allylic oxidation sites excluding steroid dienone is 1. The van der Waals surface area contributed by atoms with E-state index in [0.717, 1.165) is 12.0 Å². The largest absolute Gasteiger partial charge is 0.744 e. The molecule has 4 rings (SSSR count). The van der Waals surface area contributed by atoms with Gasteiger partial charge in [-0.2, -0.15) is 0 Å². The molecule has 3 aromatic rings. The molecule has 6 nitrogen and oxygen atoms in total. The first-order chi connectivity index (χ1) is 15.3. The van der Waals surface area contributed by atoms with Gasteiger partial charge in [-0.05, 0) is 29.0 Å². The van der Waals surface area contributed by atoms with Crippen molar-refractivity contribution in [3.05, 3.63) is 107 Å². The minimum absolute atomic E-state index is 0.0386. The zero-order valence-electron chi connectivity index (χ0n) is 17.3. The normalized spacial score (nSPS) is 14.7. The summed E-state index contributed by atoms with van der Waals surface area (Å²) in [6.07, 6.45) is 0.761. The maximum Gasteiger partial charge on any atom is 0.421 e. The van der Waals surface area contributed by atoms with Crippen molar-refractivity contribution in [2.75, 3.05) is 0 Å². The summed E-state index contributed by atoms with van der Waals surface area (Å²) in [4.78, 5) is 15.7. The number of ketones is 1. The Morgan fingerprint density at radius 2 is 1.50 bits per heavy atom. The first kappa shape index (κ1) is 21.6. The highest BCUT2D eigenvalue weighted by Crippen LogP contribution is 2.38. The average molecular weight is 445 g/mol. The molecule has 1 aliphatic carbocycles. The molecule has 0 amide bonds. The van der Waals surface area contributed by atoms with Crippen LogP contribution in [0, 0.1) is 5.53 Å². The number of hydrogen-bond acceptors (Lipinski definition) is 5. The van der Waals surface area contributed by atoms with Crippen molar-refractivity contribution < 1.29 is 22.6 Å². The zero-order valence-corrected chi connectivity index (χ0v) is 18.1. The predicted molar refractivity (Wildman–Crippen MR) is 120 cm³/mol. The van der Waals surface area contributed by atoms with Crippen molar-refractivity contribution in [2.24, 2.45) is 0 Å². The van der Waals surface area contributed by atoms with E-state index in [-0.39, 0.29) is 28.3 Å². The number of hydrogen-bond donors (Lipinski definition) is 1. The van der Waals surface area contributed by atoms with Crippen LogP contribution in [-0.4, -0.2) is 29.3 Å². The van der Waals surface area contributed by atoms with Gasteiger partial charge in [0.2, 0.25) is 0 Å². The lowest BCUT2D eigenvalue weighted by Crippen LogP contribution is -2.26. The van der Waals surface area contributed by atoms with Gasteiger partial charge < -0.3 is 4.55 Å². The van der Waals surface area contributed by atoms with Gasteiger partial charge in [-0.15, -0.1) is 0 Å². The summed E-state index contributed by atoms with van der Waals surface area (Å²) in [5.74, 6) is -0.313. The number of benzene rings is 3. The van der Waals surface area contributed by atoms with Crippen LogP contribution >= 0.6 is 0 Å². The maximum absolute atomic E-state index is 12.9. The van der Waals surface area contributed by atoms with Gasteiger partial charge in [-0.3, -0.25) is 4.79 Å². The monoisotopic (exact) mass is 444 g/mol. The minimum atomic E-state index is -4.95. The molecule has 1 N–H and O–H groups in total. The van der Waals surface area contributed by atoms with Crippen molar-refractivity contribution in [3.8, 4) is 0 Å². The Hall–Kier alpha value is -3.64. The number of fused-ring (bicyclic) bond motifs is 1. The van der Waals surface area contributed by atoms with Crippen LogP contribution in [0.3, 0.4) is 0 Å². The molecule has 0 spiro atoms. The van der Waals surface area contributed by atoms with Gasteiger partial charge in [0, 0.05) is 11.1 Å². The summed E-state index contributed by atoms with van der Waals surface area (Å²) >= 11 is 0. The SMILES string of the molecule is CC(Cc1ccc(C2=C(S(=O)(=O)[O-])c3ccccc3C(=O)C2=[N+]=N)cc1)c1ccccc1. The van der Waals surface area contributed by atoms with Gasteiger partial charge in [0.05, 0.1) is 20.8 Å². The van der Waals surface area contributed by atoms with Crippen LogP contribution in [0.1, 0.15) is 45.5 Å². The lowest BCUT2D eigenvalue weighted by molar-refractivity contribution is -0.116. The Bertz CT molecular complexity index is 1390. The van der Waals surface area contributed by atoms with E-state index in [1.165, 1.54) is 17.7 Å². The highest BCUT2D eigenvalue weighted by molar-refractivity contribution is 7.95. The minimum Gasteiger partial charge on any atom is -0.744 e. The van der Waals surface area contributed by atoms with E-state index in [0.29, 0.717) is 5.56 Å². The van der Waals surface area contributed by atoms with E-state index in [1.54, 1.807) is 24.3 Å². The average Bonchev–Trinajstić information content (AvgIpc) is 2.79. The van der Waals surface area contributed by atoms with Crippen LogP contribution in [0.25, 0.3) is 10.5 Å². The van der Waals surface area contributed by atoms with Crippen LogP contribution in [0.15, 0.2) is 78.9 Å². The number of carbonyl (C=O) groups excluding carboxylic acids is 1. The van der Waals surface area contributed by atoms with Crippen LogP contribution in [0.5, 0.6) is 0 Å². The Kier molecular flexibility index (Phi) is 5.72. The van der Waals surface area contributed by atoms with Crippen LogP contribution in [0.4, 0.5) is 0 Å². The Labute approximate surface area is 186 Å². The lowest BCUT2D eigenvalue weighted by atomic mass is 9.85. The van der Waals surface area contributed by atoms with E-state index in [1.807, 2.05) is 30.3 Å². The van der Waals surface area contributed by atoms with Crippen LogP contribution < -0.4 is 0 Å². The number of carbonyl (C=O) groups is 1. The highest BCUT2D eigenvalue weighted by Gasteiger charge is 2.41. The topological polar surface area (TPSA) is 112 Å². The molecule has 32 heavy (non-hydrogen) atoms. The quantitative estimate of drug-likeness (QED) is 0.359. The molecule has 0 heterocycles. The van der Waals surface area contributed by atoms with Crippen molar-refractivity contribution in [3.63, 3.8) is 0 Å². The third-order valence-electron chi connectivity index (χ3n) is 5.61. The molecule has 0 aliphatic heterocycles. The summed E-state index contributed by atoms with van der Waals surface area (Å²) in [5, 5.41) is 0. The molecule has 0 fully saturated rings. The second kappa shape index (κ2) is 8.48. The number of nitrogens with zero attached hydrogens (tertiary/aromatic N) is 1. The third kappa shape index (κ3) is 3.97. The number of nitrogens with one attached hydrogen (secondary N) is 1. The van der Waals surface area contributed by atoms with E-state index >= 15 is 0 Å². The van der Waals surface area contributed by atoms with E-state index in [9.17, 15) is 17.8 Å². The van der Waals surface area contributed by atoms with Gasteiger partial charge in [-0.25, -0.2) is 8.42 Å². The molecule has 0 radical (unpaired) electrons. The second-order valence-electron chi connectivity index (χ2n) is 7.71. The molecule has 7 heteroatoms. The summed E-state index contributed by atoms with van der Waals surface area (Å²) in [5.41, 5.74) is 9.69. The number of rotatable bonds is 5. The lowest BCUT2D eigenvalue weighted by Gasteiger charge is -2.21. The van der Waals surface area contributed by atoms with Crippen molar-refractivity contribution in [1.82, 2.24) is 0 Å². The van der Waals surface area contributed by atoms with E-state index in [2.05, 4.69) is 23.8 Å². The predicted octanol–water partition coefficient (Wildman–Crippen LogP) is 4.32. The van der Waals surface area contributed by atoms with Crippen molar-refractivity contribution in [2.45, 2.75) is 19.3 Å². The van der Waals surface area contributed by atoms with Crippen LogP contribution in [-0.2, 0) is 16.5 Å². The number of Topliss-reactive ketones (excluding diaryl/α,β-unsaturated/α-hetero) is 1. The molecular weight excluding hydrogens is 424 g/mol. The molecule has 1 aliphatic rings. The fourth-order valence-electron chi connectivity index (χ4n) is 4.06. The Morgan fingerprint density at radius 1 is 0.906 bits per heavy atom. The molecule has 160 valence electrons. The van der Waals surface area contributed by atoms with Gasteiger partial charge in [0.1, 0.15) is 10.1 Å². The standard InChI is InChI=1S/C25H20N2O4S/c1-16(18-7-3-2-4-8-18)15-17-11-13-19(14-12-17)22-23(27-26)24(28)20-9-5-6-10-21(20)25(22)32(29,30)31/h2-14,16,26H,15H2,1H3. The van der Waals surface area contributed by atoms with Gasteiger partial charge in [-0.1, -0.05) is 85.8 Å². The highest BCUT2D eigenvalue weighted by atomic mass is 32.2. The first-order valence-electron chi connectivity index (χ1n) is 10.0. The fraction of sp³-hybridized carbons (Fsp3) is 0.120. The van der Waals surface area contributed by atoms with Crippen LogP contribution in [0.2, 0.25) is 0 Å². The van der Waals surface area contributed by atoms with Gasteiger partial charge in [0.25, 0.3) is 5.78 Å². The van der Waals surface area contributed by atoms with Crippen molar-refractivity contribution in [1.29, 1.82) is 5.53 Å². The molecule has 0 aromatic heterocycles. The summed E-state index contributed by atoms with van der Waals surface area (Å²) in [6.45, 7) is 2.12. The molecule has 0 saturated carbocycles. The molecule has 0 saturated heterocycles. The summed E-state index contributed by atoms with van der Waals surface area (Å²) in [6, 6.07) is 23.1. The third-order valence-corrected chi connectivity index (χ3v) is 6.53.